The Morgan fingerprint density at radius 1 is 1.31 bits per heavy atom. The Morgan fingerprint density at radius 3 is 2.75 bits per heavy atom. The smallest absolute Gasteiger partial charge is 0.0102 e. The average Bonchev–Trinajstić information content (AvgIpc) is 3.06. The van der Waals surface area contributed by atoms with Crippen molar-refractivity contribution < 1.29 is 0 Å². The Morgan fingerprint density at radius 2 is 2.06 bits per heavy atom. The molecule has 0 amide bonds. The van der Waals surface area contributed by atoms with Crippen molar-refractivity contribution in [1.82, 2.24) is 5.32 Å². The van der Waals surface area contributed by atoms with Gasteiger partial charge in [0.05, 0.1) is 0 Å². The normalized spacial score (nSPS) is 25.4. The molecule has 1 fully saturated rings. The van der Waals surface area contributed by atoms with Gasteiger partial charge in [-0.25, -0.2) is 0 Å². The van der Waals surface area contributed by atoms with Crippen LogP contribution in [0.2, 0.25) is 0 Å². The molecule has 1 aromatic carbocycles. The zero-order chi connectivity index (χ0) is 11.4. The fraction of sp³-hybridized carbons (Fsp3) is 0.600. The molecule has 0 aromatic heterocycles. The van der Waals surface area contributed by atoms with Crippen molar-refractivity contribution in [2.45, 2.75) is 39.2 Å². The van der Waals surface area contributed by atoms with Gasteiger partial charge < -0.3 is 5.32 Å². The van der Waals surface area contributed by atoms with Crippen LogP contribution in [0, 0.1) is 11.8 Å². The Labute approximate surface area is 99.3 Å². The lowest BCUT2D eigenvalue weighted by atomic mass is 10.1. The van der Waals surface area contributed by atoms with Crippen molar-refractivity contribution in [3.63, 3.8) is 0 Å². The van der Waals surface area contributed by atoms with Crippen LogP contribution in [0.15, 0.2) is 30.3 Å². The lowest BCUT2D eigenvalue weighted by Gasteiger charge is -2.09. The molecule has 1 aliphatic carbocycles. The molecule has 2 rings (SSSR count). The number of hydrogen-bond acceptors (Lipinski definition) is 1. The monoisotopic (exact) mass is 217 g/mol. The highest BCUT2D eigenvalue weighted by atomic mass is 15.0. The zero-order valence-corrected chi connectivity index (χ0v) is 10.4. The first-order chi connectivity index (χ1) is 7.79. The molecule has 3 atom stereocenters. The van der Waals surface area contributed by atoms with Crippen molar-refractivity contribution in [2.75, 3.05) is 6.54 Å². The predicted molar refractivity (Wildman–Crippen MR) is 69.5 cm³/mol. The molecule has 1 nitrogen and oxygen atoms in total. The second-order valence-corrected chi connectivity index (χ2v) is 5.21. The van der Waals surface area contributed by atoms with Crippen LogP contribution < -0.4 is 5.32 Å². The first kappa shape index (κ1) is 11.7. The maximum absolute atomic E-state index is 3.68. The second-order valence-electron chi connectivity index (χ2n) is 5.21. The van der Waals surface area contributed by atoms with Gasteiger partial charge in [0.1, 0.15) is 0 Å². The van der Waals surface area contributed by atoms with E-state index in [4.69, 9.17) is 0 Å². The van der Waals surface area contributed by atoms with Gasteiger partial charge in [-0.15, -0.1) is 0 Å². The van der Waals surface area contributed by atoms with Crippen LogP contribution in [0.5, 0.6) is 0 Å². The summed E-state index contributed by atoms with van der Waals surface area (Å²) in [7, 11) is 0. The van der Waals surface area contributed by atoms with E-state index in [1.54, 1.807) is 0 Å². The van der Waals surface area contributed by atoms with Gasteiger partial charge in [-0.05, 0) is 36.8 Å². The van der Waals surface area contributed by atoms with E-state index in [1.165, 1.54) is 31.4 Å². The van der Waals surface area contributed by atoms with Crippen LogP contribution in [0.1, 0.15) is 32.3 Å². The summed E-state index contributed by atoms with van der Waals surface area (Å²) in [6, 6.07) is 11.6. The molecular weight excluding hydrogens is 194 g/mol. The minimum absolute atomic E-state index is 0.786. The number of nitrogens with one attached hydrogen (secondary N) is 1. The maximum atomic E-state index is 3.68. The van der Waals surface area contributed by atoms with E-state index < -0.39 is 0 Å². The molecule has 16 heavy (non-hydrogen) atoms. The summed E-state index contributed by atoms with van der Waals surface area (Å²) in [5, 5.41) is 3.68. The van der Waals surface area contributed by atoms with Gasteiger partial charge in [0.25, 0.3) is 0 Å². The molecular formula is C15H23N. The molecule has 1 aromatic rings. The topological polar surface area (TPSA) is 12.0 Å². The maximum Gasteiger partial charge on any atom is 0.0102 e. The molecule has 0 aliphatic heterocycles. The number of rotatable bonds is 6. The van der Waals surface area contributed by atoms with Gasteiger partial charge in [0.15, 0.2) is 0 Å². The SMILES string of the molecule is CCC(C)CNC1CC1Cc1ccccc1. The Balaban J connectivity index is 1.68. The first-order valence-electron chi connectivity index (χ1n) is 6.57. The molecule has 1 N–H and O–H groups in total. The van der Waals surface area contributed by atoms with E-state index in [1.807, 2.05) is 0 Å². The van der Waals surface area contributed by atoms with E-state index in [2.05, 4.69) is 49.5 Å². The third-order valence-corrected chi connectivity index (χ3v) is 3.69. The van der Waals surface area contributed by atoms with Gasteiger partial charge in [-0.2, -0.15) is 0 Å². The fourth-order valence-electron chi connectivity index (χ4n) is 2.14. The lowest BCUT2D eigenvalue weighted by Crippen LogP contribution is -2.24. The fourth-order valence-corrected chi connectivity index (χ4v) is 2.14. The average molecular weight is 217 g/mol. The highest BCUT2D eigenvalue weighted by Gasteiger charge is 2.36. The summed E-state index contributed by atoms with van der Waals surface area (Å²) in [4.78, 5) is 0. The van der Waals surface area contributed by atoms with Gasteiger partial charge in [0, 0.05) is 6.04 Å². The van der Waals surface area contributed by atoms with Crippen LogP contribution in [0.25, 0.3) is 0 Å². The van der Waals surface area contributed by atoms with E-state index in [0.717, 1.165) is 17.9 Å². The summed E-state index contributed by atoms with van der Waals surface area (Å²) in [5.74, 6) is 1.70. The largest absolute Gasteiger partial charge is 0.313 e. The number of benzene rings is 1. The van der Waals surface area contributed by atoms with E-state index >= 15 is 0 Å². The Bertz CT molecular complexity index is 306. The summed E-state index contributed by atoms with van der Waals surface area (Å²) in [6.45, 7) is 5.77. The van der Waals surface area contributed by atoms with Gasteiger partial charge in [-0.3, -0.25) is 0 Å². The molecule has 1 heteroatoms. The molecule has 88 valence electrons. The second kappa shape index (κ2) is 5.49. The molecule has 0 heterocycles. The molecule has 0 saturated heterocycles. The minimum atomic E-state index is 0.786. The zero-order valence-electron chi connectivity index (χ0n) is 10.4. The van der Waals surface area contributed by atoms with Crippen LogP contribution in [-0.2, 0) is 6.42 Å². The third-order valence-electron chi connectivity index (χ3n) is 3.69. The highest BCUT2D eigenvalue weighted by molar-refractivity contribution is 5.17. The summed E-state index contributed by atoms with van der Waals surface area (Å²) in [6.07, 6.45) is 3.90. The molecule has 1 saturated carbocycles. The molecule has 0 spiro atoms. The first-order valence-corrected chi connectivity index (χ1v) is 6.57. The van der Waals surface area contributed by atoms with Crippen LogP contribution in [0.3, 0.4) is 0 Å². The van der Waals surface area contributed by atoms with Crippen LogP contribution in [0.4, 0.5) is 0 Å². The minimum Gasteiger partial charge on any atom is -0.313 e. The van der Waals surface area contributed by atoms with Crippen molar-refractivity contribution >= 4 is 0 Å². The Kier molecular flexibility index (Phi) is 4.00. The van der Waals surface area contributed by atoms with E-state index in [9.17, 15) is 0 Å². The van der Waals surface area contributed by atoms with Crippen molar-refractivity contribution in [1.29, 1.82) is 0 Å². The molecule has 1 aliphatic rings. The summed E-state index contributed by atoms with van der Waals surface area (Å²) < 4.78 is 0. The van der Waals surface area contributed by atoms with Gasteiger partial charge in [0.2, 0.25) is 0 Å². The third kappa shape index (κ3) is 3.34. The standard InChI is InChI=1S/C15H23N/c1-3-12(2)11-16-15-10-14(15)9-13-7-5-4-6-8-13/h4-8,12,14-16H,3,9-11H2,1-2H3. The van der Waals surface area contributed by atoms with Gasteiger partial charge >= 0.3 is 0 Å². The number of hydrogen-bond donors (Lipinski definition) is 1. The van der Waals surface area contributed by atoms with Crippen molar-refractivity contribution in [3.8, 4) is 0 Å². The van der Waals surface area contributed by atoms with E-state index in [-0.39, 0.29) is 0 Å². The lowest BCUT2D eigenvalue weighted by molar-refractivity contribution is 0.487. The Hall–Kier alpha value is -0.820. The van der Waals surface area contributed by atoms with Crippen molar-refractivity contribution in [3.05, 3.63) is 35.9 Å². The van der Waals surface area contributed by atoms with Gasteiger partial charge in [-0.1, -0.05) is 50.6 Å². The van der Waals surface area contributed by atoms with Crippen molar-refractivity contribution in [2.24, 2.45) is 11.8 Å². The predicted octanol–water partition coefficient (Wildman–Crippen LogP) is 3.25. The quantitative estimate of drug-likeness (QED) is 0.771. The van der Waals surface area contributed by atoms with Crippen LogP contribution in [-0.4, -0.2) is 12.6 Å². The van der Waals surface area contributed by atoms with Crippen LogP contribution >= 0.6 is 0 Å². The summed E-state index contributed by atoms with van der Waals surface area (Å²) in [5.41, 5.74) is 1.49. The summed E-state index contributed by atoms with van der Waals surface area (Å²) >= 11 is 0. The molecule has 3 unspecified atom stereocenters. The molecule has 0 radical (unpaired) electrons. The molecule has 0 bridgehead atoms. The highest BCUT2D eigenvalue weighted by Crippen LogP contribution is 2.33. The van der Waals surface area contributed by atoms with E-state index in [0.29, 0.717) is 0 Å².